The molecule has 0 saturated heterocycles. The van der Waals surface area contributed by atoms with Crippen molar-refractivity contribution >= 4 is 72.6 Å². The molecule has 534 valence electrons. The van der Waals surface area contributed by atoms with Gasteiger partial charge in [0.25, 0.3) is 10.1 Å². The van der Waals surface area contributed by atoms with E-state index < -0.39 is 43.4 Å². The van der Waals surface area contributed by atoms with Crippen LogP contribution in [0.5, 0.6) is 0 Å². The SMILES string of the molecule is CC1(C)C(/C=C/C=C/C=C2\N(CCCS(=O)(=O)[O-])c3ccc(S(=O)(=O)O)cc3C2(C)C)=[N+](CCCCCCC(=O)NCCC(=O)N2Cc3ccccc3-c3nnn(CCOCCOCCOCCNC(=O)CCCCCNC(=O)CC[C@H](N)C(=O)O)c3-c3ccccc32)c2ccccc21. The Hall–Kier alpha value is -8.28. The first-order chi connectivity index (χ1) is 47.4. The lowest BCUT2D eigenvalue weighted by molar-refractivity contribution is -0.438. The first-order valence-electron chi connectivity index (χ1n) is 33.9. The lowest BCUT2D eigenvalue weighted by Crippen LogP contribution is -2.35. The molecular formula is C72H94N10O15S2. The maximum absolute atomic E-state index is 14.3. The molecule has 7 N–H and O–H groups in total. The summed E-state index contributed by atoms with van der Waals surface area (Å²) in [6.45, 7) is 12.9. The van der Waals surface area contributed by atoms with E-state index in [0.29, 0.717) is 121 Å². The van der Waals surface area contributed by atoms with Gasteiger partial charge in [-0.15, -0.1) is 5.10 Å². The Morgan fingerprint density at radius 3 is 2.03 bits per heavy atom. The number of ether oxygens (including phenoxy) is 3. The number of nitrogens with two attached hydrogens (primary N) is 1. The van der Waals surface area contributed by atoms with E-state index in [9.17, 15) is 49.9 Å². The second kappa shape index (κ2) is 36.2. The van der Waals surface area contributed by atoms with Gasteiger partial charge in [0.15, 0.2) is 5.71 Å². The van der Waals surface area contributed by atoms with Crippen molar-refractivity contribution in [1.82, 2.24) is 30.9 Å². The molecule has 0 saturated carbocycles. The summed E-state index contributed by atoms with van der Waals surface area (Å²) in [5.74, 6) is -2.27. The van der Waals surface area contributed by atoms with Crippen LogP contribution in [0, 0.1) is 0 Å². The van der Waals surface area contributed by atoms with Crippen molar-refractivity contribution in [3.8, 4) is 22.5 Å². The number of carbonyl (C=O) groups is 5. The van der Waals surface area contributed by atoms with Gasteiger partial charge in [0.2, 0.25) is 29.3 Å². The number of unbranched alkanes of at least 4 members (excludes halogenated alkanes) is 5. The summed E-state index contributed by atoms with van der Waals surface area (Å²) in [6.07, 6.45) is 16.2. The lowest BCUT2D eigenvalue weighted by Gasteiger charge is -2.29. The van der Waals surface area contributed by atoms with Crippen molar-refractivity contribution in [2.24, 2.45) is 5.73 Å². The summed E-state index contributed by atoms with van der Waals surface area (Å²) in [7, 11) is -8.95. The van der Waals surface area contributed by atoms with Gasteiger partial charge in [-0.2, -0.15) is 13.0 Å². The summed E-state index contributed by atoms with van der Waals surface area (Å²) in [5, 5.41) is 26.6. The minimum absolute atomic E-state index is 0.0501. The summed E-state index contributed by atoms with van der Waals surface area (Å²) >= 11 is 0. The van der Waals surface area contributed by atoms with E-state index >= 15 is 0 Å². The van der Waals surface area contributed by atoms with Crippen molar-refractivity contribution in [2.45, 2.75) is 146 Å². The summed E-state index contributed by atoms with van der Waals surface area (Å²) in [4.78, 5) is 65.9. The molecule has 8 rings (SSSR count). The van der Waals surface area contributed by atoms with Gasteiger partial charge in [-0.3, -0.25) is 28.5 Å². The van der Waals surface area contributed by atoms with E-state index in [4.69, 9.17) is 25.1 Å². The fraction of sp³-hybridized carbons (Fsp3) is 0.472. The van der Waals surface area contributed by atoms with Crippen LogP contribution in [0.15, 0.2) is 132 Å². The van der Waals surface area contributed by atoms with Crippen molar-refractivity contribution in [2.75, 3.05) is 87.9 Å². The number of aromatic nitrogens is 3. The van der Waals surface area contributed by atoms with Gasteiger partial charge in [0.05, 0.1) is 84.5 Å². The number of para-hydroxylation sites is 2. The molecule has 0 aliphatic carbocycles. The van der Waals surface area contributed by atoms with E-state index in [2.05, 4.69) is 62.9 Å². The average molecular weight is 1400 g/mol. The van der Waals surface area contributed by atoms with Gasteiger partial charge >= 0.3 is 5.97 Å². The van der Waals surface area contributed by atoms with Gasteiger partial charge in [-0.25, -0.2) is 13.1 Å². The molecule has 0 fully saturated rings. The van der Waals surface area contributed by atoms with Gasteiger partial charge in [-0.05, 0) is 93.8 Å². The highest BCUT2D eigenvalue weighted by molar-refractivity contribution is 7.86. The molecule has 1 atom stereocenters. The number of aliphatic carboxylic acids is 1. The fourth-order valence-electron chi connectivity index (χ4n) is 12.7. The zero-order valence-electron chi connectivity index (χ0n) is 57.0. The van der Waals surface area contributed by atoms with Crippen molar-refractivity contribution in [3.63, 3.8) is 0 Å². The number of anilines is 2. The Kier molecular flexibility index (Phi) is 27.9. The Bertz CT molecular complexity index is 4010. The van der Waals surface area contributed by atoms with E-state index in [1.165, 1.54) is 17.7 Å². The first-order valence-corrected chi connectivity index (χ1v) is 36.9. The summed E-state index contributed by atoms with van der Waals surface area (Å²) in [6, 6.07) is 27.2. The fourth-order valence-corrected chi connectivity index (χ4v) is 13.7. The third-order valence-electron chi connectivity index (χ3n) is 17.9. The van der Waals surface area contributed by atoms with Crippen LogP contribution in [0.4, 0.5) is 17.1 Å². The number of carboxylic acids is 1. The Labute approximate surface area is 580 Å². The van der Waals surface area contributed by atoms with Crippen LogP contribution >= 0.6 is 0 Å². The predicted molar refractivity (Wildman–Crippen MR) is 376 cm³/mol. The molecule has 99 heavy (non-hydrogen) atoms. The number of hydrogen-bond donors (Lipinski definition) is 6. The number of benzene rings is 4. The molecular weight excluding hydrogens is 1310 g/mol. The highest BCUT2D eigenvalue weighted by atomic mass is 32.2. The number of carbonyl (C=O) groups excluding carboxylic acids is 4. The largest absolute Gasteiger partial charge is 0.748 e. The highest BCUT2D eigenvalue weighted by Crippen LogP contribution is 2.49. The topological polar surface area (TPSA) is 347 Å². The Morgan fingerprint density at radius 2 is 1.30 bits per heavy atom. The standard InChI is InChI=1S/C72H94N10O15S2/c1-71(2)56-25-16-18-27-60(56)79(62(71)28-9-7-10-29-63-72(3,4)57-50-53(99(92,93)94)32-34-61(57)80(63)41-21-49-98(89,90)91)40-20-6-5-11-30-64(83)75-38-36-67(86)81-51-52-22-13-14-23-54(52)68-69(55-24-15-17-26-59(55)81)82(78-77-68)42-44-96-46-48-97-47-45-95-43-39-76-65(84)31-12-8-19-37-74-66(85)35-33-58(73)70(87)88/h7,9-10,13-18,22-29,32,34,50,58H,5-6,8,11-12,19-21,30-31,33,35-49,51,73H2,1-4H3,(H5-,74,75,76,83,84,85,87,88,89,90,91,92,93,94)/t58-/m0/s1. The van der Waals surface area contributed by atoms with Crippen LogP contribution in [-0.4, -0.2) is 170 Å². The second-order valence-corrected chi connectivity index (χ2v) is 28.7. The van der Waals surface area contributed by atoms with Crippen molar-refractivity contribution < 1.29 is 73.8 Å². The maximum Gasteiger partial charge on any atom is 0.320 e. The predicted octanol–water partition coefficient (Wildman–Crippen LogP) is 8.00. The number of nitrogens with zero attached hydrogens (tertiary/aromatic N) is 6. The van der Waals surface area contributed by atoms with Crippen LogP contribution in [0.2, 0.25) is 0 Å². The third kappa shape index (κ3) is 21.4. The number of hydrogen-bond acceptors (Lipinski definition) is 17. The van der Waals surface area contributed by atoms with E-state index in [0.717, 1.165) is 71.7 Å². The Balaban J connectivity index is 0.755. The lowest BCUT2D eigenvalue weighted by atomic mass is 9.81. The number of amides is 4. The van der Waals surface area contributed by atoms with Crippen molar-refractivity contribution in [3.05, 3.63) is 144 Å². The maximum atomic E-state index is 14.3. The molecule has 0 bridgehead atoms. The number of fused-ring (bicyclic) bond motifs is 7. The average Bonchev–Trinajstić information content (AvgIpc) is 1.64. The van der Waals surface area contributed by atoms with Crippen LogP contribution < -0.4 is 31.5 Å². The van der Waals surface area contributed by atoms with Crippen LogP contribution in [0.1, 0.15) is 128 Å². The molecule has 4 aromatic carbocycles. The summed E-state index contributed by atoms with van der Waals surface area (Å²) in [5.41, 5.74) is 14.6. The quantitative estimate of drug-likeness (QED) is 0.00935. The molecule has 5 aromatic rings. The highest BCUT2D eigenvalue weighted by Gasteiger charge is 2.44. The molecule has 25 nitrogen and oxygen atoms in total. The third-order valence-corrected chi connectivity index (χ3v) is 19.6. The second-order valence-electron chi connectivity index (χ2n) is 25.8. The van der Waals surface area contributed by atoms with E-state index in [1.54, 1.807) is 15.6 Å². The minimum atomic E-state index is -4.49. The molecule has 0 spiro atoms. The zero-order valence-corrected chi connectivity index (χ0v) is 58.6. The number of rotatable bonds is 40. The van der Waals surface area contributed by atoms with Gasteiger partial charge < -0.3 is 55.4 Å². The molecule has 3 aliphatic rings. The molecule has 0 unspecified atom stereocenters. The molecule has 27 heteroatoms. The molecule has 4 heterocycles. The zero-order chi connectivity index (χ0) is 71.2. The smallest absolute Gasteiger partial charge is 0.320 e. The van der Waals surface area contributed by atoms with Crippen LogP contribution in [0.25, 0.3) is 22.5 Å². The van der Waals surface area contributed by atoms with Gasteiger partial charge in [-0.1, -0.05) is 111 Å². The molecule has 0 radical (unpaired) electrons. The van der Waals surface area contributed by atoms with Gasteiger partial charge in [0.1, 0.15) is 18.3 Å². The summed E-state index contributed by atoms with van der Waals surface area (Å²) < 4.78 is 90.1. The Morgan fingerprint density at radius 1 is 0.667 bits per heavy atom. The van der Waals surface area contributed by atoms with E-state index in [1.807, 2.05) is 104 Å². The number of allylic oxidation sites excluding steroid dienone is 6. The van der Waals surface area contributed by atoms with Gasteiger partial charge in [0, 0.05) is 110 Å². The normalized spacial score (nSPS) is 15.3. The minimum Gasteiger partial charge on any atom is -0.748 e. The first kappa shape index (κ1) is 76.5. The monoisotopic (exact) mass is 1400 g/mol. The molecule has 1 aromatic heterocycles. The van der Waals surface area contributed by atoms with Crippen molar-refractivity contribution in [1.29, 1.82) is 0 Å². The number of nitrogens with one attached hydrogen (secondary N) is 3. The van der Waals surface area contributed by atoms with E-state index in [-0.39, 0.29) is 72.7 Å². The van der Waals surface area contributed by atoms with Crippen LogP contribution in [0.3, 0.4) is 0 Å². The van der Waals surface area contributed by atoms with Crippen LogP contribution in [-0.2, 0) is 82.3 Å². The molecule has 3 aliphatic heterocycles. The molecule has 4 amide bonds. The number of carboxylic acid groups (broad SMARTS) is 1.